The minimum Gasteiger partial charge on any atom is -0.392 e. The molecule has 0 aliphatic carbocycles. The summed E-state index contributed by atoms with van der Waals surface area (Å²) in [7, 11) is 0. The number of hydrogen-bond donors (Lipinski definition) is 1. The van der Waals surface area contributed by atoms with E-state index in [4.69, 9.17) is 5.11 Å². The molecule has 17 heavy (non-hydrogen) atoms. The molecule has 0 aromatic heterocycles. The third-order valence-electron chi connectivity index (χ3n) is 2.52. The van der Waals surface area contributed by atoms with Gasteiger partial charge in [-0.2, -0.15) is 0 Å². The van der Waals surface area contributed by atoms with Crippen molar-refractivity contribution in [1.82, 2.24) is 0 Å². The maximum atomic E-state index is 10.8. The number of allylic oxidation sites excluding steroid dienone is 5. The van der Waals surface area contributed by atoms with Crippen molar-refractivity contribution in [2.45, 2.75) is 46.5 Å². The SMILES string of the molecule is CC(C)=CCCC(C=O)=CCCC(C)=CCO. The van der Waals surface area contributed by atoms with Crippen LogP contribution in [0.5, 0.6) is 0 Å². The quantitative estimate of drug-likeness (QED) is 0.397. The third kappa shape index (κ3) is 9.76. The van der Waals surface area contributed by atoms with E-state index in [-0.39, 0.29) is 6.61 Å². The van der Waals surface area contributed by atoms with Gasteiger partial charge in [0.25, 0.3) is 0 Å². The minimum atomic E-state index is 0.0939. The average molecular weight is 236 g/mol. The molecule has 0 amide bonds. The van der Waals surface area contributed by atoms with Crippen LogP contribution in [-0.2, 0) is 4.79 Å². The molecule has 0 spiro atoms. The predicted molar refractivity (Wildman–Crippen MR) is 72.9 cm³/mol. The Morgan fingerprint density at radius 2 is 1.65 bits per heavy atom. The van der Waals surface area contributed by atoms with Crippen LogP contribution in [0.1, 0.15) is 46.5 Å². The van der Waals surface area contributed by atoms with Gasteiger partial charge in [-0.15, -0.1) is 0 Å². The van der Waals surface area contributed by atoms with Gasteiger partial charge >= 0.3 is 0 Å². The van der Waals surface area contributed by atoms with Crippen LogP contribution >= 0.6 is 0 Å². The summed E-state index contributed by atoms with van der Waals surface area (Å²) in [6.07, 6.45) is 10.4. The molecule has 2 heteroatoms. The molecule has 0 unspecified atom stereocenters. The summed E-state index contributed by atoms with van der Waals surface area (Å²) in [5, 5.41) is 8.71. The topological polar surface area (TPSA) is 37.3 Å². The van der Waals surface area contributed by atoms with Crippen molar-refractivity contribution < 1.29 is 9.90 Å². The van der Waals surface area contributed by atoms with E-state index >= 15 is 0 Å². The first-order chi connectivity index (χ1) is 8.10. The van der Waals surface area contributed by atoms with E-state index < -0.39 is 0 Å². The summed E-state index contributed by atoms with van der Waals surface area (Å²) in [6.45, 7) is 6.21. The molecule has 0 rings (SSSR count). The lowest BCUT2D eigenvalue weighted by Crippen LogP contribution is -1.86. The molecular formula is C15H24O2. The third-order valence-corrected chi connectivity index (χ3v) is 2.52. The molecule has 1 N–H and O–H groups in total. The van der Waals surface area contributed by atoms with Crippen LogP contribution in [-0.4, -0.2) is 18.0 Å². The summed E-state index contributed by atoms with van der Waals surface area (Å²) in [4.78, 5) is 10.8. The average Bonchev–Trinajstić information content (AvgIpc) is 2.27. The van der Waals surface area contributed by atoms with E-state index in [0.717, 1.165) is 37.5 Å². The lowest BCUT2D eigenvalue weighted by atomic mass is 10.1. The molecule has 0 saturated heterocycles. The maximum absolute atomic E-state index is 10.8. The van der Waals surface area contributed by atoms with Gasteiger partial charge in [0.2, 0.25) is 0 Å². The van der Waals surface area contributed by atoms with E-state index in [1.165, 1.54) is 11.1 Å². The Morgan fingerprint density at radius 3 is 2.18 bits per heavy atom. The van der Waals surface area contributed by atoms with Crippen molar-refractivity contribution in [1.29, 1.82) is 0 Å². The zero-order chi connectivity index (χ0) is 13.1. The molecule has 0 aromatic carbocycles. The highest BCUT2D eigenvalue weighted by molar-refractivity contribution is 5.73. The highest BCUT2D eigenvalue weighted by Crippen LogP contribution is 2.10. The van der Waals surface area contributed by atoms with E-state index in [1.54, 1.807) is 6.08 Å². The van der Waals surface area contributed by atoms with Crippen LogP contribution in [0.25, 0.3) is 0 Å². The van der Waals surface area contributed by atoms with Crippen molar-refractivity contribution in [2.75, 3.05) is 6.61 Å². The largest absolute Gasteiger partial charge is 0.392 e. The lowest BCUT2D eigenvalue weighted by Gasteiger charge is -2.00. The second kappa shape index (κ2) is 10.0. The minimum absolute atomic E-state index is 0.0939. The summed E-state index contributed by atoms with van der Waals surface area (Å²) in [6, 6.07) is 0. The van der Waals surface area contributed by atoms with Gasteiger partial charge < -0.3 is 5.11 Å². The number of carbonyl (C=O) groups is 1. The van der Waals surface area contributed by atoms with Crippen molar-refractivity contribution >= 4 is 6.29 Å². The van der Waals surface area contributed by atoms with Crippen LogP contribution in [0.15, 0.2) is 34.9 Å². The molecule has 0 atom stereocenters. The fraction of sp³-hybridized carbons (Fsp3) is 0.533. The Morgan fingerprint density at radius 1 is 1.00 bits per heavy atom. The van der Waals surface area contributed by atoms with Gasteiger partial charge in [-0.3, -0.25) is 4.79 Å². The first-order valence-electron chi connectivity index (χ1n) is 6.14. The molecule has 0 aliphatic heterocycles. The molecular weight excluding hydrogens is 212 g/mol. The van der Waals surface area contributed by atoms with Crippen LogP contribution in [0.3, 0.4) is 0 Å². The molecule has 0 bridgehead atoms. The maximum Gasteiger partial charge on any atom is 0.145 e. The van der Waals surface area contributed by atoms with E-state index in [1.807, 2.05) is 13.0 Å². The molecule has 0 radical (unpaired) electrons. The van der Waals surface area contributed by atoms with E-state index in [9.17, 15) is 4.79 Å². The van der Waals surface area contributed by atoms with Crippen LogP contribution in [0.2, 0.25) is 0 Å². The second-order valence-electron chi connectivity index (χ2n) is 4.49. The Kier molecular flexibility index (Phi) is 9.35. The van der Waals surface area contributed by atoms with E-state index in [2.05, 4.69) is 19.9 Å². The van der Waals surface area contributed by atoms with Gasteiger partial charge in [-0.05, 0) is 52.0 Å². The fourth-order valence-electron chi connectivity index (χ4n) is 1.48. The normalized spacial score (nSPS) is 12.5. The molecule has 0 aliphatic rings. The Balaban J connectivity index is 4.05. The van der Waals surface area contributed by atoms with Gasteiger partial charge in [-0.1, -0.05) is 29.4 Å². The molecule has 2 nitrogen and oxygen atoms in total. The summed E-state index contributed by atoms with van der Waals surface area (Å²) in [5.41, 5.74) is 3.33. The molecule has 0 fully saturated rings. The highest BCUT2D eigenvalue weighted by atomic mass is 16.2. The molecule has 96 valence electrons. The number of aliphatic hydroxyl groups excluding tert-OH is 1. The number of carbonyl (C=O) groups excluding carboxylic acids is 1. The van der Waals surface area contributed by atoms with Crippen molar-refractivity contribution in [3.63, 3.8) is 0 Å². The molecule has 0 saturated carbocycles. The standard InChI is InChI=1S/C15H24O2/c1-13(2)6-4-8-15(12-17)9-5-7-14(3)10-11-16/h6,9-10,12,16H,4-5,7-8,11H2,1-3H3. The monoisotopic (exact) mass is 236 g/mol. The van der Waals surface area contributed by atoms with Crippen LogP contribution < -0.4 is 0 Å². The van der Waals surface area contributed by atoms with Crippen molar-refractivity contribution in [3.8, 4) is 0 Å². The number of rotatable bonds is 8. The zero-order valence-corrected chi connectivity index (χ0v) is 11.2. The number of aliphatic hydroxyl groups is 1. The van der Waals surface area contributed by atoms with Crippen molar-refractivity contribution in [2.24, 2.45) is 0 Å². The van der Waals surface area contributed by atoms with Gasteiger partial charge in [0, 0.05) is 0 Å². The van der Waals surface area contributed by atoms with E-state index in [0.29, 0.717) is 0 Å². The summed E-state index contributed by atoms with van der Waals surface area (Å²) < 4.78 is 0. The number of hydrogen-bond acceptors (Lipinski definition) is 2. The van der Waals surface area contributed by atoms with Crippen LogP contribution in [0, 0.1) is 0 Å². The number of aldehydes is 1. The predicted octanol–water partition coefficient (Wildman–Crippen LogP) is 3.58. The van der Waals surface area contributed by atoms with Gasteiger partial charge in [0.05, 0.1) is 6.61 Å². The first-order valence-corrected chi connectivity index (χ1v) is 6.14. The molecule has 0 aromatic rings. The second-order valence-corrected chi connectivity index (χ2v) is 4.49. The summed E-state index contributed by atoms with van der Waals surface area (Å²) >= 11 is 0. The Bertz CT molecular complexity index is 305. The highest BCUT2D eigenvalue weighted by Gasteiger charge is 1.95. The zero-order valence-electron chi connectivity index (χ0n) is 11.2. The summed E-state index contributed by atoms with van der Waals surface area (Å²) in [5.74, 6) is 0. The fourth-order valence-corrected chi connectivity index (χ4v) is 1.48. The first kappa shape index (κ1) is 15.9. The van der Waals surface area contributed by atoms with Crippen LogP contribution in [0.4, 0.5) is 0 Å². The Labute approximate surface area is 105 Å². The van der Waals surface area contributed by atoms with Gasteiger partial charge in [0.15, 0.2) is 0 Å². The Hall–Kier alpha value is -1.15. The molecule has 0 heterocycles. The van der Waals surface area contributed by atoms with Gasteiger partial charge in [-0.25, -0.2) is 0 Å². The van der Waals surface area contributed by atoms with Crippen molar-refractivity contribution in [3.05, 3.63) is 34.9 Å². The smallest absolute Gasteiger partial charge is 0.145 e. The lowest BCUT2D eigenvalue weighted by molar-refractivity contribution is -0.105. The van der Waals surface area contributed by atoms with Gasteiger partial charge in [0.1, 0.15) is 6.29 Å².